The fraction of sp³-hybridized carbons (Fsp3) is 0.261. The van der Waals surface area contributed by atoms with Crippen LogP contribution in [-0.2, 0) is 12.8 Å². The van der Waals surface area contributed by atoms with Gasteiger partial charge >= 0.3 is 0 Å². The molecule has 0 N–H and O–H groups in total. The Morgan fingerprint density at radius 1 is 0.971 bits per heavy atom. The van der Waals surface area contributed by atoms with Gasteiger partial charge in [0.05, 0.1) is 27.4 Å². The summed E-state index contributed by atoms with van der Waals surface area (Å²) in [6.07, 6.45) is 2.27. The second-order valence-corrected chi connectivity index (χ2v) is 9.53. The summed E-state index contributed by atoms with van der Waals surface area (Å²) in [4.78, 5) is 15.0. The summed E-state index contributed by atoms with van der Waals surface area (Å²) in [6, 6.07) is 15.2. The Balaban J connectivity index is 1.43. The van der Waals surface area contributed by atoms with Gasteiger partial charge in [0.15, 0.2) is 5.16 Å². The summed E-state index contributed by atoms with van der Waals surface area (Å²) < 4.78 is 5.48. The lowest BCUT2D eigenvalue weighted by Gasteiger charge is -2.19. The molecule has 0 atom stereocenters. The summed E-state index contributed by atoms with van der Waals surface area (Å²) in [7, 11) is 1.71. The Bertz CT molecular complexity index is 1580. The zero-order chi connectivity index (χ0) is 23.2. The van der Waals surface area contributed by atoms with E-state index in [1.807, 2.05) is 57.5 Å². The van der Waals surface area contributed by atoms with Crippen LogP contribution in [0.4, 0.5) is 5.95 Å². The van der Waals surface area contributed by atoms with Crippen LogP contribution in [0.5, 0.6) is 0 Å². The van der Waals surface area contributed by atoms with Crippen LogP contribution < -0.4 is 10.5 Å². The predicted molar refractivity (Wildman–Crippen MR) is 133 cm³/mol. The quantitative estimate of drug-likeness (QED) is 0.346. The molecule has 0 spiro atoms. The topological polar surface area (TPSA) is 86.1 Å². The molecule has 172 valence electrons. The summed E-state index contributed by atoms with van der Waals surface area (Å²) in [5.41, 5.74) is 1.53. The molecule has 1 saturated heterocycles. The molecule has 1 aliphatic heterocycles. The summed E-state index contributed by atoms with van der Waals surface area (Å²) >= 11 is 8.09. The van der Waals surface area contributed by atoms with Gasteiger partial charge in [0.1, 0.15) is 5.82 Å². The lowest BCUT2D eigenvalue weighted by atomic mass is 10.2. The van der Waals surface area contributed by atoms with Gasteiger partial charge in [0, 0.05) is 20.1 Å². The van der Waals surface area contributed by atoms with Gasteiger partial charge in [-0.2, -0.15) is 0 Å². The fourth-order valence-corrected chi connectivity index (χ4v) is 5.51. The number of benzene rings is 2. The number of aromatic nitrogens is 7. The highest BCUT2D eigenvalue weighted by molar-refractivity contribution is 7.98. The first-order valence-electron chi connectivity index (χ1n) is 11.0. The molecule has 9 nitrogen and oxygen atoms in total. The average Bonchev–Trinajstić information content (AvgIpc) is 3.61. The van der Waals surface area contributed by atoms with Crippen LogP contribution in [0.25, 0.3) is 22.4 Å². The molecule has 0 saturated carbocycles. The maximum Gasteiger partial charge on any atom is 0.262 e. The Morgan fingerprint density at radius 3 is 2.56 bits per heavy atom. The molecule has 2 aromatic carbocycles. The molecule has 3 aromatic heterocycles. The second-order valence-electron chi connectivity index (χ2n) is 8.19. The molecule has 34 heavy (non-hydrogen) atoms. The zero-order valence-electron chi connectivity index (χ0n) is 18.4. The number of aryl methyl sites for hydroxylation is 1. The predicted octanol–water partition coefficient (Wildman–Crippen LogP) is 3.71. The van der Waals surface area contributed by atoms with Gasteiger partial charge < -0.3 is 4.90 Å². The Kier molecular flexibility index (Phi) is 5.26. The molecule has 6 rings (SSSR count). The molecule has 0 amide bonds. The van der Waals surface area contributed by atoms with Crippen molar-refractivity contribution in [3.05, 3.63) is 69.7 Å². The lowest BCUT2D eigenvalue weighted by Crippen LogP contribution is -2.22. The van der Waals surface area contributed by atoms with E-state index in [2.05, 4.69) is 25.3 Å². The Morgan fingerprint density at radius 2 is 1.74 bits per heavy atom. The molecule has 0 unspecified atom stereocenters. The molecular formula is C23H21ClN8OS. The third kappa shape index (κ3) is 3.36. The second kappa shape index (κ2) is 8.44. The van der Waals surface area contributed by atoms with E-state index in [0.717, 1.165) is 54.1 Å². The first kappa shape index (κ1) is 21.2. The molecule has 0 aliphatic carbocycles. The number of fused-ring (bicyclic) bond motifs is 3. The van der Waals surface area contributed by atoms with Crippen molar-refractivity contribution in [2.75, 3.05) is 18.0 Å². The minimum atomic E-state index is -0.0941. The highest BCUT2D eigenvalue weighted by Gasteiger charge is 2.24. The minimum Gasteiger partial charge on any atom is -0.341 e. The average molecular weight is 493 g/mol. The van der Waals surface area contributed by atoms with E-state index in [-0.39, 0.29) is 5.56 Å². The molecular weight excluding hydrogens is 472 g/mol. The smallest absolute Gasteiger partial charge is 0.262 e. The van der Waals surface area contributed by atoms with E-state index in [1.165, 1.54) is 16.3 Å². The maximum absolute atomic E-state index is 12.7. The van der Waals surface area contributed by atoms with Crippen molar-refractivity contribution in [1.29, 1.82) is 0 Å². The van der Waals surface area contributed by atoms with E-state index in [4.69, 9.17) is 11.6 Å². The van der Waals surface area contributed by atoms with Crippen LogP contribution >= 0.6 is 23.4 Å². The summed E-state index contributed by atoms with van der Waals surface area (Å²) in [6.45, 7) is 1.89. The number of nitrogens with zero attached hydrogens (tertiary/aromatic N) is 8. The van der Waals surface area contributed by atoms with E-state index in [0.29, 0.717) is 21.9 Å². The van der Waals surface area contributed by atoms with Gasteiger partial charge in [0.2, 0.25) is 11.7 Å². The molecule has 11 heteroatoms. The van der Waals surface area contributed by atoms with Crippen molar-refractivity contribution in [3.63, 3.8) is 0 Å². The van der Waals surface area contributed by atoms with Crippen LogP contribution in [0.2, 0.25) is 5.02 Å². The molecule has 5 aromatic rings. The van der Waals surface area contributed by atoms with Crippen LogP contribution in [0.1, 0.15) is 18.7 Å². The first-order chi connectivity index (χ1) is 16.6. The van der Waals surface area contributed by atoms with Gasteiger partial charge in [-0.3, -0.25) is 18.3 Å². The van der Waals surface area contributed by atoms with Crippen molar-refractivity contribution in [2.24, 2.45) is 7.05 Å². The van der Waals surface area contributed by atoms with Crippen molar-refractivity contribution < 1.29 is 0 Å². The number of anilines is 1. The van der Waals surface area contributed by atoms with Gasteiger partial charge in [0.25, 0.3) is 5.56 Å². The maximum atomic E-state index is 12.7. The minimum absolute atomic E-state index is 0.0941. The largest absolute Gasteiger partial charge is 0.341 e. The van der Waals surface area contributed by atoms with E-state index >= 15 is 0 Å². The number of hydrogen-bond acceptors (Lipinski definition) is 7. The van der Waals surface area contributed by atoms with Crippen molar-refractivity contribution in [3.8, 4) is 5.69 Å². The number of rotatable bonds is 5. The molecule has 4 heterocycles. The SMILES string of the molecule is Cn1c(=O)c2ccccc2n2c(CSc3nnc(N4CCCC4)n3-c3ccccc3Cl)nnc12. The molecule has 0 bridgehead atoms. The van der Waals surface area contributed by atoms with Crippen molar-refractivity contribution in [2.45, 2.75) is 23.8 Å². The number of thioether (sulfide) groups is 1. The Labute approximate surface area is 204 Å². The van der Waals surface area contributed by atoms with Crippen LogP contribution in [0.3, 0.4) is 0 Å². The lowest BCUT2D eigenvalue weighted by molar-refractivity contribution is 0.840. The van der Waals surface area contributed by atoms with Gasteiger partial charge in [-0.15, -0.1) is 20.4 Å². The van der Waals surface area contributed by atoms with Crippen molar-refractivity contribution in [1.82, 2.24) is 33.9 Å². The number of hydrogen-bond donors (Lipinski definition) is 0. The third-order valence-electron chi connectivity index (χ3n) is 6.12. The molecule has 1 aliphatic rings. The van der Waals surface area contributed by atoms with Crippen LogP contribution in [0.15, 0.2) is 58.5 Å². The summed E-state index contributed by atoms with van der Waals surface area (Å²) in [5.74, 6) is 2.52. The van der Waals surface area contributed by atoms with Gasteiger partial charge in [-0.1, -0.05) is 47.6 Å². The highest BCUT2D eigenvalue weighted by Crippen LogP contribution is 2.33. The molecule has 0 radical (unpaired) electrons. The molecule has 1 fully saturated rings. The zero-order valence-corrected chi connectivity index (χ0v) is 20.0. The monoisotopic (exact) mass is 492 g/mol. The fourth-order valence-electron chi connectivity index (χ4n) is 4.44. The van der Waals surface area contributed by atoms with E-state index in [1.54, 1.807) is 7.05 Å². The van der Waals surface area contributed by atoms with E-state index in [9.17, 15) is 4.79 Å². The Hall–Kier alpha value is -3.37. The van der Waals surface area contributed by atoms with Gasteiger partial charge in [-0.05, 0) is 37.1 Å². The highest BCUT2D eigenvalue weighted by atomic mass is 35.5. The standard InChI is InChI=1S/C23H21ClN8OS/c1-29-20(33)15-8-2-4-10-17(15)31-19(25-26-21(29)31)14-34-23-28-27-22(30-12-6-7-13-30)32(23)18-11-5-3-9-16(18)24/h2-5,8-11H,6-7,12-14H2,1H3. The first-order valence-corrected chi connectivity index (χ1v) is 12.4. The van der Waals surface area contributed by atoms with Crippen molar-refractivity contribution >= 4 is 46.0 Å². The van der Waals surface area contributed by atoms with Crippen LogP contribution in [0, 0.1) is 0 Å². The van der Waals surface area contributed by atoms with E-state index < -0.39 is 0 Å². The van der Waals surface area contributed by atoms with Gasteiger partial charge in [-0.25, -0.2) is 0 Å². The van der Waals surface area contributed by atoms with Crippen LogP contribution in [-0.4, -0.2) is 47.0 Å². The summed E-state index contributed by atoms with van der Waals surface area (Å²) in [5, 5.41) is 19.7. The normalized spacial score (nSPS) is 14.0. The third-order valence-corrected chi connectivity index (χ3v) is 7.37. The number of halogens is 1. The number of para-hydroxylation sites is 2.